The summed E-state index contributed by atoms with van der Waals surface area (Å²) in [7, 11) is 1.50. The first-order chi connectivity index (χ1) is 9.11. The van der Waals surface area contributed by atoms with Crippen LogP contribution in [0.25, 0.3) is 0 Å². The van der Waals surface area contributed by atoms with Crippen molar-refractivity contribution in [1.29, 1.82) is 0 Å². The molecule has 6 nitrogen and oxygen atoms in total. The average molecular weight is 263 g/mol. The van der Waals surface area contributed by atoms with Crippen LogP contribution in [0.1, 0.15) is 28.8 Å². The lowest BCUT2D eigenvalue weighted by atomic mass is 10.1. The molecule has 1 amide bonds. The third-order valence-corrected chi connectivity index (χ3v) is 3.22. The molecule has 0 heterocycles. The van der Waals surface area contributed by atoms with Crippen LogP contribution >= 0.6 is 0 Å². The molecule has 0 unspecified atom stereocenters. The normalized spacial score (nSPS) is 14.2. The Bertz CT molecular complexity index is 498. The Hall–Kier alpha value is -1.95. The van der Waals surface area contributed by atoms with Gasteiger partial charge in [0.15, 0.2) is 0 Å². The topological polar surface area (TPSA) is 84.3 Å². The number of nitrogens with zero attached hydrogens (tertiary/aromatic N) is 1. The van der Waals surface area contributed by atoms with Crippen molar-refractivity contribution in [1.82, 2.24) is 10.6 Å². The lowest BCUT2D eigenvalue weighted by molar-refractivity contribution is -0.385. The minimum atomic E-state index is -0.444. The van der Waals surface area contributed by atoms with Crippen LogP contribution in [0.2, 0.25) is 0 Å². The fourth-order valence-corrected chi connectivity index (χ4v) is 1.90. The Balaban J connectivity index is 2.11. The number of hydrogen-bond donors (Lipinski definition) is 2. The van der Waals surface area contributed by atoms with Crippen LogP contribution < -0.4 is 10.6 Å². The van der Waals surface area contributed by atoms with Gasteiger partial charge in [0, 0.05) is 30.8 Å². The van der Waals surface area contributed by atoms with Gasteiger partial charge >= 0.3 is 0 Å². The molecule has 0 aromatic heterocycles. The van der Waals surface area contributed by atoms with E-state index in [9.17, 15) is 14.9 Å². The van der Waals surface area contributed by atoms with E-state index >= 15 is 0 Å². The summed E-state index contributed by atoms with van der Waals surface area (Å²) in [6, 6.07) is 4.58. The lowest BCUT2D eigenvalue weighted by Crippen LogP contribution is -2.19. The second-order valence-electron chi connectivity index (χ2n) is 4.75. The molecule has 1 fully saturated rings. The Kier molecular flexibility index (Phi) is 4.11. The molecule has 0 atom stereocenters. The van der Waals surface area contributed by atoms with Gasteiger partial charge in [-0.05, 0) is 31.4 Å². The molecular weight excluding hydrogens is 246 g/mol. The summed E-state index contributed by atoms with van der Waals surface area (Å²) < 4.78 is 0. The van der Waals surface area contributed by atoms with Crippen LogP contribution in [0.15, 0.2) is 18.2 Å². The van der Waals surface area contributed by atoms with E-state index in [1.54, 1.807) is 12.1 Å². The average Bonchev–Trinajstić information content (AvgIpc) is 3.22. The van der Waals surface area contributed by atoms with Crippen molar-refractivity contribution in [3.63, 3.8) is 0 Å². The molecule has 1 aliphatic rings. The fraction of sp³-hybridized carbons (Fsp3) is 0.462. The Morgan fingerprint density at radius 1 is 1.47 bits per heavy atom. The number of rotatable bonds is 6. The van der Waals surface area contributed by atoms with Crippen molar-refractivity contribution in [2.24, 2.45) is 5.92 Å². The number of carbonyl (C=O) groups excluding carboxylic acids is 1. The Morgan fingerprint density at radius 2 is 2.21 bits per heavy atom. The summed E-state index contributed by atoms with van der Waals surface area (Å²) in [4.78, 5) is 22.1. The molecule has 1 aliphatic carbocycles. The summed E-state index contributed by atoms with van der Waals surface area (Å²) in [5, 5.41) is 16.7. The second-order valence-corrected chi connectivity index (χ2v) is 4.75. The number of nitro groups is 1. The molecule has 19 heavy (non-hydrogen) atoms. The molecule has 0 spiro atoms. The first-order valence-electron chi connectivity index (χ1n) is 6.32. The van der Waals surface area contributed by atoms with Gasteiger partial charge in [-0.15, -0.1) is 0 Å². The maximum Gasteiger partial charge on any atom is 0.274 e. The molecule has 1 aromatic carbocycles. The molecule has 2 N–H and O–H groups in total. The van der Waals surface area contributed by atoms with E-state index in [2.05, 4.69) is 10.6 Å². The molecule has 6 heteroatoms. The standard InChI is InChI=1S/C13H17N3O3/c1-14-13(17)10-4-5-11(12(6-10)16(18)19)8-15-7-9-2-3-9/h4-6,9,15H,2-3,7-8H2,1H3,(H,14,17). The number of benzene rings is 1. The van der Waals surface area contributed by atoms with Gasteiger partial charge in [-0.3, -0.25) is 14.9 Å². The Labute approximate surface area is 111 Å². The van der Waals surface area contributed by atoms with Crippen LogP contribution in [0.4, 0.5) is 5.69 Å². The molecule has 2 rings (SSSR count). The molecule has 1 aromatic rings. The first-order valence-corrected chi connectivity index (χ1v) is 6.32. The Morgan fingerprint density at radius 3 is 2.79 bits per heavy atom. The summed E-state index contributed by atoms with van der Waals surface area (Å²) in [5.74, 6) is 0.407. The number of nitrogens with one attached hydrogen (secondary N) is 2. The van der Waals surface area contributed by atoms with E-state index in [1.165, 1.54) is 26.0 Å². The van der Waals surface area contributed by atoms with Gasteiger partial charge in [-0.25, -0.2) is 0 Å². The molecule has 1 saturated carbocycles. The van der Waals surface area contributed by atoms with Crippen LogP contribution in [0, 0.1) is 16.0 Å². The predicted octanol–water partition coefficient (Wildman–Crippen LogP) is 1.45. The fourth-order valence-electron chi connectivity index (χ4n) is 1.90. The van der Waals surface area contributed by atoms with Gasteiger partial charge in [0.25, 0.3) is 11.6 Å². The van der Waals surface area contributed by atoms with Crippen molar-refractivity contribution < 1.29 is 9.72 Å². The van der Waals surface area contributed by atoms with E-state index in [1.807, 2.05) is 0 Å². The van der Waals surface area contributed by atoms with E-state index in [0.29, 0.717) is 17.7 Å². The van der Waals surface area contributed by atoms with E-state index in [-0.39, 0.29) is 11.6 Å². The SMILES string of the molecule is CNC(=O)c1ccc(CNCC2CC2)c([N+](=O)[O-])c1. The zero-order chi connectivity index (χ0) is 13.8. The van der Waals surface area contributed by atoms with Crippen molar-refractivity contribution >= 4 is 11.6 Å². The van der Waals surface area contributed by atoms with Crippen molar-refractivity contribution in [2.75, 3.05) is 13.6 Å². The van der Waals surface area contributed by atoms with Crippen LogP contribution in [0.5, 0.6) is 0 Å². The highest BCUT2D eigenvalue weighted by Crippen LogP contribution is 2.28. The second kappa shape index (κ2) is 5.79. The van der Waals surface area contributed by atoms with Crippen molar-refractivity contribution in [3.05, 3.63) is 39.4 Å². The molecule has 0 radical (unpaired) electrons. The number of amides is 1. The largest absolute Gasteiger partial charge is 0.355 e. The van der Waals surface area contributed by atoms with E-state index in [0.717, 1.165) is 12.5 Å². The van der Waals surface area contributed by atoms with Gasteiger partial charge in [0.2, 0.25) is 0 Å². The zero-order valence-electron chi connectivity index (χ0n) is 10.8. The van der Waals surface area contributed by atoms with Crippen molar-refractivity contribution in [3.8, 4) is 0 Å². The molecule has 102 valence electrons. The third-order valence-electron chi connectivity index (χ3n) is 3.22. The summed E-state index contributed by atoms with van der Waals surface area (Å²) in [6.45, 7) is 1.36. The molecule has 0 aliphatic heterocycles. The summed E-state index contributed by atoms with van der Waals surface area (Å²) in [6.07, 6.45) is 2.48. The van der Waals surface area contributed by atoms with Gasteiger partial charge in [0.05, 0.1) is 4.92 Å². The van der Waals surface area contributed by atoms with Crippen LogP contribution in [-0.4, -0.2) is 24.4 Å². The van der Waals surface area contributed by atoms with Crippen LogP contribution in [0.3, 0.4) is 0 Å². The minimum absolute atomic E-state index is 0.00982. The molecule has 0 bridgehead atoms. The quantitative estimate of drug-likeness (QED) is 0.601. The van der Waals surface area contributed by atoms with E-state index < -0.39 is 4.92 Å². The maximum atomic E-state index is 11.5. The first kappa shape index (κ1) is 13.5. The highest BCUT2D eigenvalue weighted by molar-refractivity contribution is 5.94. The zero-order valence-corrected chi connectivity index (χ0v) is 10.8. The summed E-state index contributed by atoms with van der Waals surface area (Å²) in [5.41, 5.74) is 0.905. The van der Waals surface area contributed by atoms with Crippen molar-refractivity contribution in [2.45, 2.75) is 19.4 Å². The van der Waals surface area contributed by atoms with E-state index in [4.69, 9.17) is 0 Å². The van der Waals surface area contributed by atoms with Gasteiger partial charge in [-0.2, -0.15) is 0 Å². The maximum absolute atomic E-state index is 11.5. The number of hydrogen-bond acceptors (Lipinski definition) is 4. The summed E-state index contributed by atoms with van der Waals surface area (Å²) >= 11 is 0. The van der Waals surface area contributed by atoms with Gasteiger partial charge in [-0.1, -0.05) is 6.07 Å². The van der Waals surface area contributed by atoms with Gasteiger partial charge in [0.1, 0.15) is 0 Å². The molecular formula is C13H17N3O3. The lowest BCUT2D eigenvalue weighted by Gasteiger charge is -2.06. The predicted molar refractivity (Wildman–Crippen MR) is 70.9 cm³/mol. The van der Waals surface area contributed by atoms with Gasteiger partial charge < -0.3 is 10.6 Å². The highest BCUT2D eigenvalue weighted by Gasteiger charge is 2.21. The van der Waals surface area contributed by atoms with Crippen LogP contribution in [-0.2, 0) is 6.54 Å². The third kappa shape index (κ3) is 3.51. The molecule has 0 saturated heterocycles. The number of carbonyl (C=O) groups is 1. The number of nitro benzene ring substituents is 1. The monoisotopic (exact) mass is 263 g/mol. The minimum Gasteiger partial charge on any atom is -0.355 e. The highest BCUT2D eigenvalue weighted by atomic mass is 16.6. The smallest absolute Gasteiger partial charge is 0.274 e.